The number of carbonyl (C=O) groups excluding carboxylic acids is 2. The molecule has 1 aliphatic carbocycles. The average Bonchev–Trinajstić information content (AvgIpc) is 3.01. The molecule has 208 valence electrons. The van der Waals surface area contributed by atoms with Gasteiger partial charge in [-0.1, -0.05) is 73.9 Å². The van der Waals surface area contributed by atoms with E-state index < -0.39 is 20.5 Å². The smallest absolute Gasteiger partial charge is 0.188 e. The summed E-state index contributed by atoms with van der Waals surface area (Å²) < 4.78 is 0. The van der Waals surface area contributed by atoms with Gasteiger partial charge in [-0.15, -0.1) is 0 Å². The SMILES string of the molecule is CC1=C(CCCCCCCC[P+](c2ccccc2)(c2ccccc2)c2ccccc2)C(=O)C(CO)=C(CO)C1=O. The van der Waals surface area contributed by atoms with Crippen molar-refractivity contribution in [2.75, 3.05) is 19.4 Å². The molecule has 1 aliphatic rings. The molecule has 0 saturated heterocycles. The number of hydrogen-bond donors (Lipinski definition) is 2. The molecule has 0 unspecified atom stereocenters. The van der Waals surface area contributed by atoms with E-state index in [1.807, 2.05) is 0 Å². The molecule has 0 aromatic heterocycles. The number of benzene rings is 3. The van der Waals surface area contributed by atoms with Crippen molar-refractivity contribution in [3.05, 3.63) is 113 Å². The van der Waals surface area contributed by atoms with E-state index in [1.165, 1.54) is 15.9 Å². The zero-order valence-electron chi connectivity index (χ0n) is 23.4. The molecule has 3 aromatic rings. The third kappa shape index (κ3) is 6.41. The average molecular weight is 556 g/mol. The number of hydrogen-bond acceptors (Lipinski definition) is 4. The van der Waals surface area contributed by atoms with Crippen LogP contribution in [0.3, 0.4) is 0 Å². The molecule has 4 rings (SSSR count). The van der Waals surface area contributed by atoms with E-state index in [0.29, 0.717) is 17.6 Å². The van der Waals surface area contributed by atoms with E-state index in [2.05, 4.69) is 91.0 Å². The van der Waals surface area contributed by atoms with Crippen LogP contribution in [-0.4, -0.2) is 41.2 Å². The Kier molecular flexibility index (Phi) is 10.8. The predicted octanol–water partition coefficient (Wildman–Crippen LogP) is 5.46. The lowest BCUT2D eigenvalue weighted by Gasteiger charge is -2.27. The summed E-state index contributed by atoms with van der Waals surface area (Å²) in [7, 11) is -1.79. The van der Waals surface area contributed by atoms with Crippen molar-refractivity contribution in [1.29, 1.82) is 0 Å². The van der Waals surface area contributed by atoms with Crippen LogP contribution in [0.1, 0.15) is 51.9 Å². The van der Waals surface area contributed by atoms with Crippen LogP contribution in [-0.2, 0) is 9.59 Å². The maximum atomic E-state index is 12.8. The first-order valence-electron chi connectivity index (χ1n) is 14.3. The maximum Gasteiger partial charge on any atom is 0.188 e. The van der Waals surface area contributed by atoms with Gasteiger partial charge >= 0.3 is 0 Å². The molecular formula is C35H40O4P+. The molecule has 0 bridgehead atoms. The number of Topliss-reactive ketones (excluding diaryl/α,β-unsaturated/α-hetero) is 2. The van der Waals surface area contributed by atoms with E-state index >= 15 is 0 Å². The van der Waals surface area contributed by atoms with Gasteiger partial charge < -0.3 is 10.2 Å². The van der Waals surface area contributed by atoms with Crippen LogP contribution >= 0.6 is 7.26 Å². The molecule has 0 fully saturated rings. The molecule has 0 spiro atoms. The Morgan fingerprint density at radius 2 is 0.925 bits per heavy atom. The minimum Gasteiger partial charge on any atom is -0.392 e. The molecule has 5 heteroatoms. The summed E-state index contributed by atoms with van der Waals surface area (Å²) in [5.41, 5.74) is 0.994. The summed E-state index contributed by atoms with van der Waals surface area (Å²) in [4.78, 5) is 25.3. The minimum atomic E-state index is -1.79. The molecule has 0 amide bonds. The van der Waals surface area contributed by atoms with Crippen molar-refractivity contribution in [2.24, 2.45) is 0 Å². The van der Waals surface area contributed by atoms with Gasteiger partial charge in [0.2, 0.25) is 0 Å². The van der Waals surface area contributed by atoms with Gasteiger partial charge in [-0.25, -0.2) is 0 Å². The van der Waals surface area contributed by atoms with Crippen LogP contribution in [0.2, 0.25) is 0 Å². The molecule has 40 heavy (non-hydrogen) atoms. The van der Waals surface area contributed by atoms with Crippen molar-refractivity contribution in [1.82, 2.24) is 0 Å². The highest BCUT2D eigenvalue weighted by molar-refractivity contribution is 7.95. The van der Waals surface area contributed by atoms with Gasteiger partial charge in [-0.05, 0) is 69.0 Å². The lowest BCUT2D eigenvalue weighted by Crippen LogP contribution is -2.33. The predicted molar refractivity (Wildman–Crippen MR) is 166 cm³/mol. The van der Waals surface area contributed by atoms with E-state index in [9.17, 15) is 19.8 Å². The number of unbranched alkanes of at least 4 members (excludes halogenated alkanes) is 5. The number of ketones is 2. The van der Waals surface area contributed by atoms with Crippen molar-refractivity contribution in [3.63, 3.8) is 0 Å². The van der Waals surface area contributed by atoms with Crippen molar-refractivity contribution < 1.29 is 19.8 Å². The van der Waals surface area contributed by atoms with Crippen molar-refractivity contribution >= 4 is 34.7 Å². The molecule has 0 heterocycles. The largest absolute Gasteiger partial charge is 0.392 e. The quantitative estimate of drug-likeness (QED) is 0.157. The highest BCUT2D eigenvalue weighted by atomic mass is 31.2. The first kappa shape index (κ1) is 29.8. The van der Waals surface area contributed by atoms with Gasteiger partial charge in [0.1, 0.15) is 23.2 Å². The van der Waals surface area contributed by atoms with Crippen molar-refractivity contribution in [2.45, 2.75) is 51.9 Å². The Balaban J connectivity index is 1.36. The second-order valence-corrected chi connectivity index (χ2v) is 14.1. The van der Waals surface area contributed by atoms with Gasteiger partial charge in [0.15, 0.2) is 11.6 Å². The second kappa shape index (κ2) is 14.5. The highest BCUT2D eigenvalue weighted by Crippen LogP contribution is 2.56. The zero-order chi connectivity index (χ0) is 28.4. The van der Waals surface area contributed by atoms with Gasteiger partial charge in [-0.3, -0.25) is 9.59 Å². The molecule has 4 nitrogen and oxygen atoms in total. The van der Waals surface area contributed by atoms with E-state index in [1.54, 1.807) is 6.92 Å². The molecule has 2 N–H and O–H groups in total. The van der Waals surface area contributed by atoms with Crippen LogP contribution in [0, 0.1) is 0 Å². The Labute approximate surface area is 238 Å². The van der Waals surface area contributed by atoms with Gasteiger partial charge in [0, 0.05) is 22.3 Å². The first-order valence-corrected chi connectivity index (χ1v) is 16.3. The topological polar surface area (TPSA) is 74.6 Å². The Morgan fingerprint density at radius 3 is 1.38 bits per heavy atom. The summed E-state index contributed by atoms with van der Waals surface area (Å²) in [6.45, 7) is 0.616. The van der Waals surface area contributed by atoms with E-state index in [-0.39, 0.29) is 22.7 Å². The number of aliphatic hydroxyl groups is 2. The number of carbonyl (C=O) groups is 2. The normalized spacial score (nSPS) is 14.3. The van der Waals surface area contributed by atoms with Crippen LogP contribution in [0.5, 0.6) is 0 Å². The fourth-order valence-electron chi connectivity index (χ4n) is 5.87. The summed E-state index contributed by atoms with van der Waals surface area (Å²) in [5.74, 6) is -0.602. The minimum absolute atomic E-state index is 0.0363. The Hall–Kier alpha value is -3.17. The first-order chi connectivity index (χ1) is 19.5. The van der Waals surface area contributed by atoms with Crippen LogP contribution < -0.4 is 15.9 Å². The monoisotopic (exact) mass is 555 g/mol. The Bertz CT molecular complexity index is 1250. The number of allylic oxidation sites excluding steroid dienone is 2. The Morgan fingerprint density at radius 1 is 0.525 bits per heavy atom. The van der Waals surface area contributed by atoms with Crippen molar-refractivity contribution in [3.8, 4) is 0 Å². The third-order valence-corrected chi connectivity index (χ3v) is 12.6. The molecule has 0 atom stereocenters. The lowest BCUT2D eigenvalue weighted by atomic mass is 9.83. The van der Waals surface area contributed by atoms with Gasteiger partial charge in [-0.2, -0.15) is 0 Å². The van der Waals surface area contributed by atoms with Gasteiger partial charge in [0.05, 0.1) is 19.4 Å². The van der Waals surface area contributed by atoms with Crippen LogP contribution in [0.4, 0.5) is 0 Å². The maximum absolute atomic E-state index is 12.8. The lowest BCUT2D eigenvalue weighted by molar-refractivity contribution is -0.117. The van der Waals surface area contributed by atoms with Gasteiger partial charge in [0.25, 0.3) is 0 Å². The highest BCUT2D eigenvalue weighted by Gasteiger charge is 2.44. The fraction of sp³-hybridized carbons (Fsp3) is 0.314. The summed E-state index contributed by atoms with van der Waals surface area (Å²) >= 11 is 0. The standard InChI is InChI=1S/C35H40O4P/c1-27-31(35(39)33(26-37)32(25-36)34(27)38)23-15-4-2-3-5-16-24-40(28-17-9-6-10-18-28,29-19-11-7-12-20-29)30-21-13-8-14-22-30/h6-14,17-22,36-37H,2-5,15-16,23-26H2,1H3/q+1. The second-order valence-electron chi connectivity index (χ2n) is 10.4. The zero-order valence-corrected chi connectivity index (χ0v) is 24.3. The fourth-order valence-corrected chi connectivity index (χ4v) is 10.3. The summed E-state index contributed by atoms with van der Waals surface area (Å²) in [6, 6.07) is 33.0. The molecule has 3 aromatic carbocycles. The molecular weight excluding hydrogens is 515 g/mol. The molecule has 0 aliphatic heterocycles. The van der Waals surface area contributed by atoms with E-state index in [4.69, 9.17) is 0 Å². The number of aliphatic hydroxyl groups excluding tert-OH is 2. The van der Waals surface area contributed by atoms with Crippen LogP contribution in [0.15, 0.2) is 113 Å². The molecule has 0 saturated carbocycles. The number of rotatable bonds is 14. The van der Waals surface area contributed by atoms with Crippen LogP contribution in [0.25, 0.3) is 0 Å². The molecule has 0 radical (unpaired) electrons. The summed E-state index contributed by atoms with van der Waals surface area (Å²) in [5, 5.41) is 23.3. The third-order valence-electron chi connectivity index (χ3n) is 8.06. The summed E-state index contributed by atoms with van der Waals surface area (Å²) in [6.07, 6.45) is 7.95. The van der Waals surface area contributed by atoms with E-state index in [0.717, 1.165) is 44.7 Å².